The summed E-state index contributed by atoms with van der Waals surface area (Å²) in [6.07, 6.45) is 9.81. The normalized spacial score (nSPS) is 14.9. The van der Waals surface area contributed by atoms with Crippen molar-refractivity contribution in [3.63, 3.8) is 0 Å². The first-order valence-corrected chi connectivity index (χ1v) is 6.13. The molecule has 0 spiro atoms. The quantitative estimate of drug-likeness (QED) is 0.713. The van der Waals surface area contributed by atoms with Crippen LogP contribution in [0.2, 0.25) is 0 Å². The van der Waals surface area contributed by atoms with Gasteiger partial charge in [0.05, 0.1) is 6.07 Å². The van der Waals surface area contributed by atoms with Crippen molar-refractivity contribution in [2.45, 2.75) is 51.2 Å². The highest BCUT2D eigenvalue weighted by Gasteiger charge is 2.19. The van der Waals surface area contributed by atoms with Gasteiger partial charge in [0, 0.05) is 37.9 Å². The molecule has 16 heavy (non-hydrogen) atoms. The minimum absolute atomic E-state index is 0.678. The van der Waals surface area contributed by atoms with Crippen LogP contribution in [0.3, 0.4) is 0 Å². The number of aryl methyl sites for hydroxylation is 1. The van der Waals surface area contributed by atoms with Crippen LogP contribution in [-0.4, -0.2) is 10.6 Å². The largest absolute Gasteiger partial charge is 0.354 e. The fourth-order valence-electron chi connectivity index (χ4n) is 1.78. The fourth-order valence-corrected chi connectivity index (χ4v) is 1.78. The Morgan fingerprint density at radius 1 is 1.44 bits per heavy atom. The summed E-state index contributed by atoms with van der Waals surface area (Å²) in [5.74, 6) is 0. The number of hydrogen-bond donors (Lipinski definition) is 1. The molecule has 0 aliphatic heterocycles. The lowest BCUT2D eigenvalue weighted by atomic mass is 10.2. The van der Waals surface area contributed by atoms with Crippen molar-refractivity contribution >= 4 is 0 Å². The minimum Gasteiger partial charge on any atom is -0.354 e. The van der Waals surface area contributed by atoms with Gasteiger partial charge in [0.1, 0.15) is 0 Å². The van der Waals surface area contributed by atoms with Gasteiger partial charge < -0.3 is 9.88 Å². The van der Waals surface area contributed by atoms with Gasteiger partial charge in [-0.15, -0.1) is 0 Å². The molecule has 3 heteroatoms. The van der Waals surface area contributed by atoms with E-state index in [-0.39, 0.29) is 0 Å². The summed E-state index contributed by atoms with van der Waals surface area (Å²) in [4.78, 5) is 0. The van der Waals surface area contributed by atoms with Gasteiger partial charge in [-0.2, -0.15) is 5.26 Å². The Kier molecular flexibility index (Phi) is 4.01. The summed E-state index contributed by atoms with van der Waals surface area (Å²) < 4.78 is 2.22. The Hall–Kier alpha value is -1.27. The maximum absolute atomic E-state index is 8.43. The maximum atomic E-state index is 8.43. The van der Waals surface area contributed by atoms with Crippen LogP contribution in [-0.2, 0) is 13.1 Å². The lowest BCUT2D eigenvalue weighted by Gasteiger charge is -2.01. The first kappa shape index (κ1) is 11.2. The van der Waals surface area contributed by atoms with E-state index in [1.807, 2.05) is 0 Å². The SMILES string of the molecule is N#CCCCCn1ccc(CNC2CC2)c1. The van der Waals surface area contributed by atoms with Crippen LogP contribution in [0.15, 0.2) is 18.5 Å². The smallest absolute Gasteiger partial charge is 0.0621 e. The van der Waals surface area contributed by atoms with Crippen molar-refractivity contribution in [1.29, 1.82) is 5.26 Å². The van der Waals surface area contributed by atoms with Crippen LogP contribution in [0.1, 0.15) is 37.7 Å². The summed E-state index contributed by atoms with van der Waals surface area (Å²) >= 11 is 0. The third-order valence-electron chi connectivity index (χ3n) is 2.94. The molecule has 3 nitrogen and oxygen atoms in total. The third kappa shape index (κ3) is 3.71. The number of nitrogens with one attached hydrogen (secondary N) is 1. The average Bonchev–Trinajstić information content (AvgIpc) is 3.02. The topological polar surface area (TPSA) is 40.8 Å². The van der Waals surface area contributed by atoms with E-state index in [1.165, 1.54) is 18.4 Å². The molecule has 1 aromatic rings. The van der Waals surface area contributed by atoms with Crippen molar-refractivity contribution < 1.29 is 0 Å². The monoisotopic (exact) mass is 217 g/mol. The molecule has 0 bridgehead atoms. The second-order valence-corrected chi connectivity index (χ2v) is 4.53. The molecule has 0 radical (unpaired) electrons. The van der Waals surface area contributed by atoms with E-state index in [0.29, 0.717) is 6.42 Å². The van der Waals surface area contributed by atoms with Crippen molar-refractivity contribution in [3.05, 3.63) is 24.0 Å². The van der Waals surface area contributed by atoms with E-state index >= 15 is 0 Å². The Bertz CT molecular complexity index is 357. The highest BCUT2D eigenvalue weighted by atomic mass is 15.0. The number of rotatable bonds is 7. The second kappa shape index (κ2) is 5.72. The van der Waals surface area contributed by atoms with Crippen molar-refractivity contribution in [3.8, 4) is 6.07 Å². The molecule has 1 fully saturated rings. The van der Waals surface area contributed by atoms with Crippen molar-refractivity contribution in [2.75, 3.05) is 0 Å². The van der Waals surface area contributed by atoms with Crippen LogP contribution < -0.4 is 5.32 Å². The summed E-state index contributed by atoms with van der Waals surface area (Å²) in [7, 11) is 0. The van der Waals surface area contributed by atoms with Crippen LogP contribution in [0.4, 0.5) is 0 Å². The van der Waals surface area contributed by atoms with E-state index in [4.69, 9.17) is 5.26 Å². The van der Waals surface area contributed by atoms with Crippen molar-refractivity contribution in [2.24, 2.45) is 0 Å². The molecule has 0 atom stereocenters. The summed E-state index contributed by atoms with van der Waals surface area (Å²) in [6.45, 7) is 2.03. The van der Waals surface area contributed by atoms with Gasteiger partial charge in [-0.05, 0) is 37.3 Å². The maximum Gasteiger partial charge on any atom is 0.0621 e. The lowest BCUT2D eigenvalue weighted by molar-refractivity contribution is 0.615. The third-order valence-corrected chi connectivity index (χ3v) is 2.94. The Balaban J connectivity index is 1.67. The Morgan fingerprint density at radius 3 is 3.06 bits per heavy atom. The molecular weight excluding hydrogens is 198 g/mol. The van der Waals surface area contributed by atoms with Gasteiger partial charge in [-0.3, -0.25) is 0 Å². The molecule has 1 N–H and O–H groups in total. The van der Waals surface area contributed by atoms with Gasteiger partial charge in [0.2, 0.25) is 0 Å². The number of nitriles is 1. The summed E-state index contributed by atoms with van der Waals surface area (Å²) in [5, 5.41) is 11.9. The Labute approximate surface area is 97.1 Å². The fraction of sp³-hybridized carbons (Fsp3) is 0.615. The van der Waals surface area contributed by atoms with E-state index in [1.54, 1.807) is 0 Å². The average molecular weight is 217 g/mol. The zero-order chi connectivity index (χ0) is 11.2. The van der Waals surface area contributed by atoms with Gasteiger partial charge in [0.25, 0.3) is 0 Å². The molecule has 2 rings (SSSR count). The molecule has 86 valence electrons. The lowest BCUT2D eigenvalue weighted by Crippen LogP contribution is -2.14. The number of aromatic nitrogens is 1. The van der Waals surface area contributed by atoms with E-state index < -0.39 is 0 Å². The summed E-state index contributed by atoms with van der Waals surface area (Å²) in [5.41, 5.74) is 1.37. The Morgan fingerprint density at radius 2 is 2.31 bits per heavy atom. The van der Waals surface area contributed by atoms with E-state index in [0.717, 1.165) is 32.0 Å². The molecule has 1 aromatic heterocycles. The molecule has 0 amide bonds. The standard InChI is InChI=1S/C13H19N3/c14-7-2-1-3-8-16-9-6-12(11-16)10-15-13-4-5-13/h6,9,11,13,15H,1-5,8,10H2. The molecule has 1 heterocycles. The van der Waals surface area contributed by atoms with Gasteiger partial charge >= 0.3 is 0 Å². The van der Waals surface area contributed by atoms with E-state index in [9.17, 15) is 0 Å². The zero-order valence-electron chi connectivity index (χ0n) is 9.65. The molecule has 0 unspecified atom stereocenters. The van der Waals surface area contributed by atoms with Crippen LogP contribution in [0.5, 0.6) is 0 Å². The highest BCUT2D eigenvalue weighted by molar-refractivity contribution is 5.10. The predicted octanol–water partition coefficient (Wildman–Crippen LogP) is 2.43. The molecule has 1 aliphatic rings. The zero-order valence-corrected chi connectivity index (χ0v) is 9.65. The number of unbranched alkanes of at least 4 members (excludes halogenated alkanes) is 2. The molecule has 1 aliphatic carbocycles. The second-order valence-electron chi connectivity index (χ2n) is 4.53. The highest BCUT2D eigenvalue weighted by Crippen LogP contribution is 2.19. The number of nitrogens with zero attached hydrogens (tertiary/aromatic N) is 2. The predicted molar refractivity (Wildman–Crippen MR) is 63.8 cm³/mol. The van der Waals surface area contributed by atoms with Crippen LogP contribution in [0.25, 0.3) is 0 Å². The molecular formula is C13H19N3. The van der Waals surface area contributed by atoms with Gasteiger partial charge in [-0.25, -0.2) is 0 Å². The number of hydrogen-bond acceptors (Lipinski definition) is 2. The first-order chi connectivity index (χ1) is 7.88. The minimum atomic E-state index is 0.678. The molecule has 1 saturated carbocycles. The van der Waals surface area contributed by atoms with Crippen LogP contribution in [0, 0.1) is 11.3 Å². The first-order valence-electron chi connectivity index (χ1n) is 6.13. The molecule has 0 aromatic carbocycles. The van der Waals surface area contributed by atoms with E-state index in [2.05, 4.69) is 34.4 Å². The van der Waals surface area contributed by atoms with Crippen LogP contribution >= 0.6 is 0 Å². The van der Waals surface area contributed by atoms with Gasteiger partial charge in [0.15, 0.2) is 0 Å². The summed E-state index contributed by atoms with van der Waals surface area (Å²) in [6, 6.07) is 5.14. The molecule has 0 saturated heterocycles. The van der Waals surface area contributed by atoms with Crippen molar-refractivity contribution in [1.82, 2.24) is 9.88 Å². The van der Waals surface area contributed by atoms with Gasteiger partial charge in [-0.1, -0.05) is 0 Å².